The first kappa shape index (κ1) is 15.4. The van der Waals surface area contributed by atoms with Crippen LogP contribution in [0.2, 0.25) is 5.02 Å². The summed E-state index contributed by atoms with van der Waals surface area (Å²) in [7, 11) is 0. The first-order chi connectivity index (χ1) is 11.1. The molecule has 1 unspecified atom stereocenters. The van der Waals surface area contributed by atoms with Gasteiger partial charge in [-0.25, -0.2) is 4.39 Å². The lowest BCUT2D eigenvalue weighted by molar-refractivity contribution is -0.116. The lowest BCUT2D eigenvalue weighted by Gasteiger charge is -2.16. The lowest BCUT2D eigenvalue weighted by Crippen LogP contribution is -2.19. The van der Waals surface area contributed by atoms with Crippen LogP contribution in [0.15, 0.2) is 65.5 Å². The zero-order chi connectivity index (χ0) is 16.2. The summed E-state index contributed by atoms with van der Waals surface area (Å²) in [4.78, 5) is 12.3. The minimum atomic E-state index is -0.523. The highest BCUT2D eigenvalue weighted by atomic mass is 35.5. The molecule has 0 saturated heterocycles. The molecule has 0 saturated carbocycles. The van der Waals surface area contributed by atoms with E-state index in [9.17, 15) is 9.18 Å². The van der Waals surface area contributed by atoms with Gasteiger partial charge in [0.1, 0.15) is 11.6 Å². The largest absolute Gasteiger partial charge is 0.467 e. The van der Waals surface area contributed by atoms with E-state index in [0.717, 1.165) is 0 Å². The predicted octanol–water partition coefficient (Wildman–Crippen LogP) is 4.49. The molecule has 0 aliphatic heterocycles. The van der Waals surface area contributed by atoms with Crippen molar-refractivity contribution in [1.29, 1.82) is 0 Å². The van der Waals surface area contributed by atoms with Crippen LogP contribution in [0.1, 0.15) is 18.2 Å². The number of carbonyl (C=O) groups is 1. The van der Waals surface area contributed by atoms with E-state index in [1.54, 1.807) is 12.3 Å². The average Bonchev–Trinajstić information content (AvgIpc) is 3.21. The van der Waals surface area contributed by atoms with Gasteiger partial charge >= 0.3 is 0 Å². The Bertz CT molecular complexity index is 751. The van der Waals surface area contributed by atoms with Gasteiger partial charge < -0.3 is 14.3 Å². The Morgan fingerprint density at radius 2 is 2.04 bits per heavy atom. The van der Waals surface area contributed by atoms with Gasteiger partial charge in [-0.15, -0.1) is 0 Å². The van der Waals surface area contributed by atoms with E-state index in [1.165, 1.54) is 18.2 Å². The van der Waals surface area contributed by atoms with Gasteiger partial charge in [-0.2, -0.15) is 0 Å². The molecule has 0 radical (unpaired) electrons. The van der Waals surface area contributed by atoms with Crippen LogP contribution < -0.4 is 5.32 Å². The summed E-state index contributed by atoms with van der Waals surface area (Å²) in [6, 6.07) is 11.2. The molecule has 23 heavy (non-hydrogen) atoms. The van der Waals surface area contributed by atoms with Gasteiger partial charge in [0.15, 0.2) is 0 Å². The Kier molecular flexibility index (Phi) is 4.48. The summed E-state index contributed by atoms with van der Waals surface area (Å²) < 4.78 is 20.5. The molecule has 1 atom stereocenters. The number of aromatic nitrogens is 1. The van der Waals surface area contributed by atoms with Gasteiger partial charge in [0.25, 0.3) is 0 Å². The maximum Gasteiger partial charge on any atom is 0.226 e. The molecular formula is C17H14ClFN2O2. The van der Waals surface area contributed by atoms with Crippen molar-refractivity contribution < 1.29 is 13.6 Å². The zero-order valence-corrected chi connectivity index (χ0v) is 12.8. The first-order valence-electron chi connectivity index (χ1n) is 7.04. The maximum atomic E-state index is 13.2. The van der Waals surface area contributed by atoms with Crippen molar-refractivity contribution >= 4 is 23.2 Å². The van der Waals surface area contributed by atoms with E-state index >= 15 is 0 Å². The summed E-state index contributed by atoms with van der Waals surface area (Å²) in [6.45, 7) is 0. The van der Waals surface area contributed by atoms with Crippen molar-refractivity contribution in [1.82, 2.24) is 4.57 Å². The van der Waals surface area contributed by atoms with Crippen molar-refractivity contribution in [2.75, 3.05) is 5.32 Å². The van der Waals surface area contributed by atoms with Gasteiger partial charge in [-0.1, -0.05) is 11.6 Å². The highest BCUT2D eigenvalue weighted by Gasteiger charge is 2.20. The van der Waals surface area contributed by atoms with E-state index < -0.39 is 5.82 Å². The molecule has 0 fully saturated rings. The molecule has 1 aromatic carbocycles. The van der Waals surface area contributed by atoms with Crippen LogP contribution in [-0.2, 0) is 4.79 Å². The predicted molar refractivity (Wildman–Crippen MR) is 85.9 cm³/mol. The molecule has 4 nitrogen and oxygen atoms in total. The molecule has 0 aliphatic carbocycles. The number of hydrogen-bond acceptors (Lipinski definition) is 2. The summed E-state index contributed by atoms with van der Waals surface area (Å²) in [5.74, 6) is -0.0540. The SMILES string of the molecule is O=C(CC(c1ccco1)n1cccc1)Nc1ccc(F)c(Cl)c1. The smallest absolute Gasteiger partial charge is 0.226 e. The highest BCUT2D eigenvalue weighted by Crippen LogP contribution is 2.24. The third kappa shape index (κ3) is 3.63. The first-order valence-corrected chi connectivity index (χ1v) is 7.42. The number of benzene rings is 1. The number of hydrogen-bond donors (Lipinski definition) is 1. The fourth-order valence-electron chi connectivity index (χ4n) is 2.35. The van der Waals surface area contributed by atoms with Crippen molar-refractivity contribution in [2.24, 2.45) is 0 Å². The third-order valence-corrected chi connectivity index (χ3v) is 3.73. The number of carbonyl (C=O) groups excluding carboxylic acids is 1. The molecule has 0 aliphatic rings. The highest BCUT2D eigenvalue weighted by molar-refractivity contribution is 6.31. The van der Waals surface area contributed by atoms with Crippen LogP contribution in [0.4, 0.5) is 10.1 Å². The standard InChI is InChI=1S/C17H14ClFN2O2/c18-13-10-12(5-6-14(13)19)20-17(22)11-15(16-4-3-9-23-16)21-7-1-2-8-21/h1-10,15H,11H2,(H,20,22). The van der Waals surface area contributed by atoms with Gasteiger partial charge in [0.2, 0.25) is 5.91 Å². The van der Waals surface area contributed by atoms with Crippen LogP contribution in [-0.4, -0.2) is 10.5 Å². The molecule has 0 bridgehead atoms. The Labute approximate surface area is 137 Å². The number of amides is 1. The second-order valence-corrected chi connectivity index (χ2v) is 5.45. The molecule has 6 heteroatoms. The minimum Gasteiger partial charge on any atom is -0.467 e. The van der Waals surface area contributed by atoms with Crippen LogP contribution in [0.3, 0.4) is 0 Å². The number of furan rings is 1. The Morgan fingerprint density at radius 3 is 2.70 bits per heavy atom. The van der Waals surface area contributed by atoms with E-state index in [-0.39, 0.29) is 23.4 Å². The zero-order valence-electron chi connectivity index (χ0n) is 12.1. The second kappa shape index (κ2) is 6.71. The Hall–Kier alpha value is -2.53. The average molecular weight is 333 g/mol. The monoisotopic (exact) mass is 332 g/mol. The van der Waals surface area contributed by atoms with Crippen molar-refractivity contribution in [2.45, 2.75) is 12.5 Å². The van der Waals surface area contributed by atoms with E-state index in [4.69, 9.17) is 16.0 Å². The molecule has 2 aromatic heterocycles. The van der Waals surface area contributed by atoms with Gasteiger partial charge in [0, 0.05) is 18.1 Å². The van der Waals surface area contributed by atoms with Crippen molar-refractivity contribution in [3.8, 4) is 0 Å². The lowest BCUT2D eigenvalue weighted by atomic mass is 10.1. The van der Waals surface area contributed by atoms with E-state index in [2.05, 4.69) is 5.32 Å². The van der Waals surface area contributed by atoms with Gasteiger partial charge in [0.05, 0.1) is 23.7 Å². The molecule has 1 N–H and O–H groups in total. The third-order valence-electron chi connectivity index (χ3n) is 3.44. The number of halogens is 2. The minimum absolute atomic E-state index is 0.0317. The van der Waals surface area contributed by atoms with Crippen LogP contribution in [0, 0.1) is 5.82 Å². The Morgan fingerprint density at radius 1 is 1.26 bits per heavy atom. The van der Waals surface area contributed by atoms with Crippen LogP contribution in [0.25, 0.3) is 0 Å². The molecule has 118 valence electrons. The number of nitrogens with one attached hydrogen (secondary N) is 1. The summed E-state index contributed by atoms with van der Waals surface area (Å²) in [6.07, 6.45) is 5.49. The number of rotatable bonds is 5. The molecule has 0 spiro atoms. The van der Waals surface area contributed by atoms with Crippen LogP contribution in [0.5, 0.6) is 0 Å². The number of nitrogens with zero attached hydrogens (tertiary/aromatic N) is 1. The normalized spacial score (nSPS) is 12.1. The molecule has 1 amide bonds. The Balaban J connectivity index is 1.75. The molecule has 3 aromatic rings. The van der Waals surface area contributed by atoms with Crippen LogP contribution >= 0.6 is 11.6 Å². The number of anilines is 1. The van der Waals surface area contributed by atoms with Crippen molar-refractivity contribution in [3.05, 3.63) is 77.7 Å². The molecule has 3 rings (SSSR count). The summed E-state index contributed by atoms with van der Waals surface area (Å²) in [5.41, 5.74) is 0.451. The maximum absolute atomic E-state index is 13.2. The fourth-order valence-corrected chi connectivity index (χ4v) is 2.53. The molecular weight excluding hydrogens is 319 g/mol. The van der Waals surface area contributed by atoms with E-state index in [0.29, 0.717) is 11.4 Å². The fraction of sp³-hybridized carbons (Fsp3) is 0.118. The molecule has 2 heterocycles. The van der Waals surface area contributed by atoms with Gasteiger partial charge in [-0.05, 0) is 42.5 Å². The van der Waals surface area contributed by atoms with Crippen molar-refractivity contribution in [3.63, 3.8) is 0 Å². The quantitative estimate of drug-likeness (QED) is 0.748. The second-order valence-electron chi connectivity index (χ2n) is 5.04. The van der Waals surface area contributed by atoms with Gasteiger partial charge in [-0.3, -0.25) is 4.79 Å². The summed E-state index contributed by atoms with van der Waals surface area (Å²) in [5, 5.41) is 2.69. The van der Waals surface area contributed by atoms with E-state index in [1.807, 2.05) is 35.2 Å². The topological polar surface area (TPSA) is 47.2 Å². The summed E-state index contributed by atoms with van der Waals surface area (Å²) >= 11 is 5.72.